The van der Waals surface area contributed by atoms with E-state index in [0.717, 1.165) is 11.8 Å². The summed E-state index contributed by atoms with van der Waals surface area (Å²) in [5.74, 6) is -0.318. The van der Waals surface area contributed by atoms with Crippen LogP contribution in [0.4, 0.5) is 20.2 Å². The third-order valence-corrected chi connectivity index (χ3v) is 4.42. The summed E-state index contributed by atoms with van der Waals surface area (Å²) in [5.41, 5.74) is 2.93. The minimum atomic E-state index is -0.581. The van der Waals surface area contributed by atoms with Crippen LogP contribution in [0.25, 0.3) is 11.4 Å². The van der Waals surface area contributed by atoms with Crippen LogP contribution in [-0.2, 0) is 0 Å². The zero-order chi connectivity index (χ0) is 21.1. The Labute approximate surface area is 171 Å². The number of nitrogens with one attached hydrogen (secondary N) is 2. The molecule has 0 radical (unpaired) electrons. The Morgan fingerprint density at radius 1 is 0.967 bits per heavy atom. The normalized spacial score (nSPS) is 10.6. The molecule has 5 nitrogen and oxygen atoms in total. The number of ether oxygens (including phenoxy) is 1. The van der Waals surface area contributed by atoms with E-state index in [2.05, 4.69) is 15.3 Å². The van der Waals surface area contributed by atoms with Gasteiger partial charge in [0.25, 0.3) is 0 Å². The van der Waals surface area contributed by atoms with Crippen molar-refractivity contribution >= 4 is 17.7 Å². The Morgan fingerprint density at radius 2 is 1.80 bits per heavy atom. The van der Waals surface area contributed by atoms with Crippen LogP contribution in [-0.4, -0.2) is 16.3 Å². The Kier molecular flexibility index (Phi) is 5.26. The Morgan fingerprint density at radius 3 is 2.57 bits per heavy atom. The summed E-state index contributed by atoms with van der Waals surface area (Å²) < 4.78 is 34.2. The van der Waals surface area contributed by atoms with Crippen molar-refractivity contribution in [2.24, 2.45) is 0 Å². The van der Waals surface area contributed by atoms with Crippen LogP contribution >= 0.6 is 0 Å². The Bertz CT molecular complexity index is 1220. The molecule has 2 N–H and O–H groups in total. The van der Waals surface area contributed by atoms with Crippen LogP contribution < -0.4 is 10.1 Å². The molecule has 2 aromatic heterocycles. The fourth-order valence-electron chi connectivity index (χ4n) is 2.93. The maximum Gasteiger partial charge on any atom is 0.151 e. The average molecular weight is 405 g/mol. The molecule has 2 heterocycles. The Hall–Kier alpha value is -4.00. The molecule has 4 rings (SSSR count). The van der Waals surface area contributed by atoms with Crippen LogP contribution in [0.3, 0.4) is 0 Å². The van der Waals surface area contributed by atoms with Gasteiger partial charge in [-0.2, -0.15) is 0 Å². The van der Waals surface area contributed by atoms with Gasteiger partial charge in [-0.3, -0.25) is 9.78 Å². The second-order valence-corrected chi connectivity index (χ2v) is 6.69. The maximum absolute atomic E-state index is 14.5. The molecule has 2 aromatic carbocycles. The van der Waals surface area contributed by atoms with E-state index in [-0.39, 0.29) is 17.1 Å². The Balaban J connectivity index is 1.53. The molecule has 0 aliphatic carbocycles. The number of benzene rings is 2. The smallest absolute Gasteiger partial charge is 0.151 e. The number of aryl methyl sites for hydroxylation is 1. The number of pyridine rings is 1. The number of carbonyl (C=O) groups excluding carboxylic acids is 1. The number of aldehydes is 1. The fourth-order valence-corrected chi connectivity index (χ4v) is 2.93. The van der Waals surface area contributed by atoms with Gasteiger partial charge in [-0.15, -0.1) is 0 Å². The van der Waals surface area contributed by atoms with Gasteiger partial charge in [0.2, 0.25) is 0 Å². The van der Waals surface area contributed by atoms with Gasteiger partial charge in [0.1, 0.15) is 23.1 Å². The van der Waals surface area contributed by atoms with Crippen molar-refractivity contribution < 1.29 is 18.3 Å². The van der Waals surface area contributed by atoms with E-state index in [1.165, 1.54) is 18.2 Å². The minimum absolute atomic E-state index is 0.134. The maximum atomic E-state index is 14.5. The van der Waals surface area contributed by atoms with Gasteiger partial charge in [0.05, 0.1) is 22.8 Å². The summed E-state index contributed by atoms with van der Waals surface area (Å²) in [7, 11) is 0. The van der Waals surface area contributed by atoms with Gasteiger partial charge in [-0.05, 0) is 48.9 Å². The number of rotatable bonds is 6. The summed E-state index contributed by atoms with van der Waals surface area (Å²) >= 11 is 0. The lowest BCUT2D eigenvalue weighted by Gasteiger charge is -2.12. The lowest BCUT2D eigenvalue weighted by atomic mass is 10.2. The first-order chi connectivity index (χ1) is 14.5. The standard InChI is InChI=1S/C23H17F2N3O2/c1-14-2-4-18(24)21(8-14)28-20-5-3-16(10-19(20)25)30-17-6-7-26-23(11-17)22-9-15(13-29)12-27-22/h2-13,27-28H,1H3. The average Bonchev–Trinajstić information content (AvgIpc) is 3.22. The fraction of sp³-hybridized carbons (Fsp3) is 0.0435. The van der Waals surface area contributed by atoms with Crippen molar-refractivity contribution in [3.8, 4) is 22.9 Å². The molecule has 0 fully saturated rings. The number of H-pyrrole nitrogens is 1. The van der Waals surface area contributed by atoms with E-state index in [1.807, 2.05) is 6.92 Å². The van der Waals surface area contributed by atoms with E-state index in [0.29, 0.717) is 22.7 Å². The van der Waals surface area contributed by atoms with Crippen molar-refractivity contribution in [3.05, 3.63) is 89.8 Å². The van der Waals surface area contributed by atoms with Crippen molar-refractivity contribution in [1.82, 2.24) is 9.97 Å². The minimum Gasteiger partial charge on any atom is -0.457 e. The number of nitrogens with zero attached hydrogens (tertiary/aromatic N) is 1. The summed E-state index contributed by atoms with van der Waals surface area (Å²) in [6, 6.07) is 13.8. The van der Waals surface area contributed by atoms with Crippen LogP contribution in [0.1, 0.15) is 15.9 Å². The second-order valence-electron chi connectivity index (χ2n) is 6.69. The van der Waals surface area contributed by atoms with Gasteiger partial charge >= 0.3 is 0 Å². The zero-order valence-corrected chi connectivity index (χ0v) is 15.9. The number of halogens is 2. The molecule has 0 spiro atoms. The highest BCUT2D eigenvalue weighted by Crippen LogP contribution is 2.30. The van der Waals surface area contributed by atoms with Crippen LogP contribution in [0.2, 0.25) is 0 Å². The van der Waals surface area contributed by atoms with Crippen molar-refractivity contribution in [2.45, 2.75) is 6.92 Å². The SMILES string of the molecule is Cc1ccc(F)c(Nc2ccc(Oc3ccnc(-c4cc(C=O)c[nH]4)c3)cc2F)c1. The predicted octanol–water partition coefficient (Wildman–Crippen LogP) is 6.01. The van der Waals surface area contributed by atoms with Gasteiger partial charge in [0.15, 0.2) is 6.29 Å². The van der Waals surface area contributed by atoms with Crippen LogP contribution in [0.15, 0.2) is 67.0 Å². The third kappa shape index (κ3) is 4.20. The molecule has 0 aliphatic heterocycles. The molecule has 4 aromatic rings. The van der Waals surface area contributed by atoms with Crippen LogP contribution in [0, 0.1) is 18.6 Å². The van der Waals surface area contributed by atoms with E-state index in [1.54, 1.807) is 48.8 Å². The number of aromatic nitrogens is 2. The predicted molar refractivity (Wildman–Crippen MR) is 110 cm³/mol. The molecule has 7 heteroatoms. The van der Waals surface area contributed by atoms with Crippen molar-refractivity contribution in [1.29, 1.82) is 0 Å². The van der Waals surface area contributed by atoms with Gasteiger partial charge in [0, 0.05) is 30.1 Å². The van der Waals surface area contributed by atoms with Gasteiger partial charge < -0.3 is 15.0 Å². The first-order valence-corrected chi connectivity index (χ1v) is 9.12. The number of carbonyl (C=O) groups is 1. The summed E-state index contributed by atoms with van der Waals surface area (Å²) in [6.07, 6.45) is 3.87. The second kappa shape index (κ2) is 8.16. The van der Waals surface area contributed by atoms with Crippen molar-refractivity contribution in [3.63, 3.8) is 0 Å². The number of hydrogen-bond acceptors (Lipinski definition) is 4. The zero-order valence-electron chi connectivity index (χ0n) is 15.9. The van der Waals surface area contributed by atoms with E-state index < -0.39 is 11.6 Å². The molecule has 0 unspecified atom stereocenters. The number of anilines is 2. The largest absolute Gasteiger partial charge is 0.457 e. The van der Waals surface area contributed by atoms with E-state index in [4.69, 9.17) is 4.74 Å². The molecule has 30 heavy (non-hydrogen) atoms. The third-order valence-electron chi connectivity index (χ3n) is 4.42. The molecule has 150 valence electrons. The van der Waals surface area contributed by atoms with Gasteiger partial charge in [-0.1, -0.05) is 6.07 Å². The quantitative estimate of drug-likeness (QED) is 0.386. The molecule has 0 atom stereocenters. The number of aromatic amines is 1. The highest BCUT2D eigenvalue weighted by molar-refractivity contribution is 5.77. The van der Waals surface area contributed by atoms with Crippen molar-refractivity contribution in [2.75, 3.05) is 5.32 Å². The molecule has 0 amide bonds. The molecule has 0 bridgehead atoms. The lowest BCUT2D eigenvalue weighted by Crippen LogP contribution is -1.97. The van der Waals surface area contributed by atoms with E-state index >= 15 is 0 Å². The van der Waals surface area contributed by atoms with Crippen LogP contribution in [0.5, 0.6) is 11.5 Å². The number of hydrogen-bond donors (Lipinski definition) is 2. The first kappa shape index (κ1) is 19.3. The topological polar surface area (TPSA) is 67.0 Å². The first-order valence-electron chi connectivity index (χ1n) is 9.12. The molecular formula is C23H17F2N3O2. The molecule has 0 saturated heterocycles. The van der Waals surface area contributed by atoms with E-state index in [9.17, 15) is 13.6 Å². The summed E-state index contributed by atoms with van der Waals surface area (Å²) in [5, 5.41) is 2.76. The molecular weight excluding hydrogens is 388 g/mol. The van der Waals surface area contributed by atoms with Gasteiger partial charge in [-0.25, -0.2) is 8.78 Å². The summed E-state index contributed by atoms with van der Waals surface area (Å²) in [6.45, 7) is 1.83. The molecule has 0 saturated carbocycles. The highest BCUT2D eigenvalue weighted by Gasteiger charge is 2.10. The highest BCUT2D eigenvalue weighted by atomic mass is 19.1. The monoisotopic (exact) mass is 405 g/mol. The lowest BCUT2D eigenvalue weighted by molar-refractivity contribution is 0.112. The molecule has 0 aliphatic rings. The summed E-state index contributed by atoms with van der Waals surface area (Å²) in [4.78, 5) is 18.1.